The number of carbonyl (C=O) groups is 2. The Morgan fingerprint density at radius 3 is 2.49 bits per heavy atom. The summed E-state index contributed by atoms with van der Waals surface area (Å²) in [5.74, 6) is -1.80. The Bertz CT molecular complexity index is 1890. The maximum Gasteiger partial charge on any atom is 0.309 e. The van der Waals surface area contributed by atoms with Gasteiger partial charge in [-0.3, -0.25) is 19.4 Å². The fraction of sp³-hybridized carbons (Fsp3) is 0.371. The lowest BCUT2D eigenvalue weighted by molar-refractivity contribution is -0.158. The summed E-state index contributed by atoms with van der Waals surface area (Å²) >= 11 is 6.41. The van der Waals surface area contributed by atoms with Crippen molar-refractivity contribution in [1.82, 2.24) is 14.8 Å². The number of hydrogen-bond donors (Lipinski definition) is 2. The Morgan fingerprint density at radius 2 is 1.77 bits per heavy atom. The Morgan fingerprint density at radius 1 is 1.02 bits per heavy atom. The predicted octanol–water partition coefficient (Wildman–Crippen LogP) is 4.87. The number of ether oxygens (including phenoxy) is 1. The van der Waals surface area contributed by atoms with Crippen LogP contribution in [0.2, 0.25) is 5.02 Å². The molecule has 12 heteroatoms. The number of carbonyl (C=O) groups excluding carboxylic acids is 2. The van der Waals surface area contributed by atoms with E-state index in [0.29, 0.717) is 67.3 Å². The van der Waals surface area contributed by atoms with Crippen LogP contribution in [0.15, 0.2) is 63.9 Å². The van der Waals surface area contributed by atoms with E-state index < -0.39 is 23.2 Å². The van der Waals surface area contributed by atoms with E-state index >= 15 is 0 Å². The lowest BCUT2D eigenvalue weighted by Gasteiger charge is -2.38. The summed E-state index contributed by atoms with van der Waals surface area (Å²) in [6.45, 7) is 2.27. The number of likely N-dealkylation sites (tertiary alicyclic amines) is 1. The number of likely N-dealkylation sites (N-methyl/N-ethyl adjacent to an activating group) is 1. The molecule has 2 saturated heterocycles. The molecule has 2 N–H and O–H groups in total. The number of aromatic hydroxyl groups is 2. The number of anilines is 1. The summed E-state index contributed by atoms with van der Waals surface area (Å²) in [6.07, 6.45) is 2.61. The number of rotatable bonds is 6. The summed E-state index contributed by atoms with van der Waals surface area (Å²) in [5, 5.41) is 22.2. The second-order valence-corrected chi connectivity index (χ2v) is 12.9. The number of amides is 1. The van der Waals surface area contributed by atoms with E-state index in [0.717, 1.165) is 11.8 Å². The van der Waals surface area contributed by atoms with Crippen molar-refractivity contribution in [3.63, 3.8) is 0 Å². The Labute approximate surface area is 276 Å². The second-order valence-electron chi connectivity index (χ2n) is 12.5. The summed E-state index contributed by atoms with van der Waals surface area (Å²) in [4.78, 5) is 49.2. The molecule has 6 rings (SSSR count). The minimum absolute atomic E-state index is 0.0401. The zero-order chi connectivity index (χ0) is 33.4. The number of benzene rings is 2. The molecule has 1 amide bonds. The molecule has 2 aromatic heterocycles. The fourth-order valence-electron chi connectivity index (χ4n) is 6.58. The number of phenols is 2. The van der Waals surface area contributed by atoms with Crippen LogP contribution in [0.1, 0.15) is 41.2 Å². The van der Waals surface area contributed by atoms with Gasteiger partial charge < -0.3 is 34.1 Å². The van der Waals surface area contributed by atoms with Crippen molar-refractivity contribution in [3.8, 4) is 22.8 Å². The molecule has 0 aliphatic carbocycles. The van der Waals surface area contributed by atoms with Gasteiger partial charge in [0.05, 0.1) is 10.9 Å². The van der Waals surface area contributed by atoms with Crippen molar-refractivity contribution in [2.24, 2.45) is 5.92 Å². The zero-order valence-electron chi connectivity index (χ0n) is 26.5. The molecule has 4 heterocycles. The first-order chi connectivity index (χ1) is 22.5. The van der Waals surface area contributed by atoms with Crippen LogP contribution in [0, 0.1) is 5.92 Å². The van der Waals surface area contributed by atoms with Crippen molar-refractivity contribution in [2.75, 3.05) is 52.2 Å². The number of piperidine rings is 2. The molecule has 47 heavy (non-hydrogen) atoms. The van der Waals surface area contributed by atoms with Crippen LogP contribution >= 0.6 is 11.6 Å². The molecule has 0 bridgehead atoms. The van der Waals surface area contributed by atoms with Gasteiger partial charge in [0.1, 0.15) is 40.0 Å². The highest BCUT2D eigenvalue weighted by molar-refractivity contribution is 6.33. The molecule has 0 saturated carbocycles. The highest BCUT2D eigenvalue weighted by Crippen LogP contribution is 2.44. The van der Waals surface area contributed by atoms with Crippen molar-refractivity contribution in [2.45, 2.75) is 31.3 Å². The van der Waals surface area contributed by atoms with Crippen LogP contribution in [-0.2, 0) is 9.53 Å². The molecule has 0 unspecified atom stereocenters. The molecular formula is C35H37ClN4O7. The van der Waals surface area contributed by atoms with Crippen molar-refractivity contribution < 1.29 is 29.0 Å². The molecule has 246 valence electrons. The van der Waals surface area contributed by atoms with E-state index in [1.54, 1.807) is 50.6 Å². The van der Waals surface area contributed by atoms with Crippen LogP contribution in [0.5, 0.6) is 11.5 Å². The Kier molecular flexibility index (Phi) is 9.11. The van der Waals surface area contributed by atoms with Gasteiger partial charge in [0, 0.05) is 74.8 Å². The van der Waals surface area contributed by atoms with Crippen LogP contribution in [0.3, 0.4) is 0 Å². The van der Waals surface area contributed by atoms with E-state index in [2.05, 4.69) is 14.8 Å². The second kappa shape index (κ2) is 13.2. The summed E-state index contributed by atoms with van der Waals surface area (Å²) in [6, 6.07) is 13.0. The van der Waals surface area contributed by atoms with Gasteiger partial charge >= 0.3 is 5.97 Å². The first-order valence-corrected chi connectivity index (χ1v) is 16.0. The van der Waals surface area contributed by atoms with Crippen LogP contribution in [0.25, 0.3) is 22.3 Å². The largest absolute Gasteiger partial charge is 0.507 e. The number of pyridine rings is 1. The fourth-order valence-corrected chi connectivity index (χ4v) is 6.80. The maximum absolute atomic E-state index is 13.6. The molecule has 2 aliphatic heterocycles. The first kappa shape index (κ1) is 32.3. The topological polar surface area (TPSA) is 137 Å². The standard InChI is InChI=1S/C35H37ClN4O7/c1-38(2)34(44)25-16-21(8-12-37-25)40-14-9-20(10-15-40)35(45)47-30-19-39(3)13-11-23(30)31-26(41)17-27(42)32-28(43)18-29(46-33(31)32)22-6-4-5-7-24(22)36/h4-8,12,16-18,20,23,30,41-42H,9-11,13-15,19H2,1-3H3/t23-,30+/m0/s1. The van der Waals surface area contributed by atoms with Gasteiger partial charge in [0.15, 0.2) is 5.43 Å². The van der Waals surface area contributed by atoms with Crippen molar-refractivity contribution >= 4 is 40.1 Å². The van der Waals surface area contributed by atoms with E-state index in [-0.39, 0.29) is 40.3 Å². The quantitative estimate of drug-likeness (QED) is 0.276. The average Bonchev–Trinajstić information content (AvgIpc) is 3.05. The number of halogens is 1. The van der Waals surface area contributed by atoms with E-state index in [1.165, 1.54) is 11.0 Å². The molecule has 2 aliphatic rings. The molecule has 2 aromatic carbocycles. The number of nitrogens with zero attached hydrogens (tertiary/aromatic N) is 4. The molecule has 2 atom stereocenters. The summed E-state index contributed by atoms with van der Waals surface area (Å²) in [7, 11) is 5.30. The van der Waals surface area contributed by atoms with Gasteiger partial charge in [-0.15, -0.1) is 0 Å². The SMILES string of the molecule is CN1CC[C@H](c2c(O)cc(O)c3c(=O)cc(-c4ccccc4Cl)oc23)[C@H](OC(=O)C2CCN(c3ccnc(C(=O)N(C)C)c3)CC2)C1. The third-order valence-electron chi connectivity index (χ3n) is 9.10. The maximum atomic E-state index is 13.6. The van der Waals surface area contributed by atoms with Crippen LogP contribution in [-0.4, -0.2) is 90.3 Å². The minimum atomic E-state index is -0.646. The summed E-state index contributed by atoms with van der Waals surface area (Å²) in [5.41, 5.74) is 1.59. The minimum Gasteiger partial charge on any atom is -0.507 e. The third kappa shape index (κ3) is 6.50. The Balaban J connectivity index is 1.25. The van der Waals surface area contributed by atoms with Gasteiger partial charge in [-0.25, -0.2) is 0 Å². The van der Waals surface area contributed by atoms with Crippen LogP contribution < -0.4 is 10.3 Å². The summed E-state index contributed by atoms with van der Waals surface area (Å²) < 4.78 is 12.5. The molecule has 2 fully saturated rings. The number of hydrogen-bond acceptors (Lipinski definition) is 10. The van der Waals surface area contributed by atoms with E-state index in [1.807, 2.05) is 13.1 Å². The number of aromatic nitrogens is 1. The lowest BCUT2D eigenvalue weighted by atomic mass is 9.85. The number of phenolic OH excluding ortho intramolecular Hbond substituents is 2. The highest BCUT2D eigenvalue weighted by atomic mass is 35.5. The first-order valence-electron chi connectivity index (χ1n) is 15.6. The van der Waals surface area contributed by atoms with E-state index in [4.69, 9.17) is 20.8 Å². The van der Waals surface area contributed by atoms with Crippen LogP contribution in [0.4, 0.5) is 5.69 Å². The highest BCUT2D eigenvalue weighted by Gasteiger charge is 2.38. The molecular weight excluding hydrogens is 624 g/mol. The average molecular weight is 661 g/mol. The number of fused-ring (bicyclic) bond motifs is 1. The van der Waals surface area contributed by atoms with Crippen molar-refractivity contribution in [3.05, 3.63) is 81.2 Å². The van der Waals surface area contributed by atoms with Gasteiger partial charge in [-0.05, 0) is 57.1 Å². The molecule has 4 aromatic rings. The zero-order valence-corrected chi connectivity index (χ0v) is 27.2. The molecule has 11 nitrogen and oxygen atoms in total. The Hall–Kier alpha value is -4.61. The number of esters is 1. The third-order valence-corrected chi connectivity index (χ3v) is 9.43. The van der Waals surface area contributed by atoms with Crippen molar-refractivity contribution in [1.29, 1.82) is 0 Å². The van der Waals surface area contributed by atoms with E-state index in [9.17, 15) is 24.6 Å². The van der Waals surface area contributed by atoms with Gasteiger partial charge in [-0.2, -0.15) is 0 Å². The van der Waals surface area contributed by atoms with Gasteiger partial charge in [0.25, 0.3) is 5.91 Å². The monoisotopic (exact) mass is 660 g/mol. The predicted molar refractivity (Wildman–Crippen MR) is 178 cm³/mol. The van der Waals surface area contributed by atoms with Gasteiger partial charge in [0.2, 0.25) is 0 Å². The normalized spacial score (nSPS) is 19.1. The smallest absolute Gasteiger partial charge is 0.309 e. The molecule has 0 spiro atoms. The van der Waals surface area contributed by atoms with Gasteiger partial charge in [-0.1, -0.05) is 23.7 Å². The lowest BCUT2D eigenvalue weighted by Crippen LogP contribution is -2.45. The molecule has 0 radical (unpaired) electrons.